The average Bonchev–Trinajstić information content (AvgIpc) is 2.00. The molecular formula is C8H16N2O4. The summed E-state index contributed by atoms with van der Waals surface area (Å²) >= 11 is 0. The number of ether oxygens (including phenoxy) is 1. The fraction of sp³-hybridized carbons (Fsp3) is 0.750. The van der Waals surface area contributed by atoms with E-state index in [4.69, 9.17) is 15.1 Å². The molecule has 0 heterocycles. The Labute approximate surface area is 82.6 Å². The number of hydrogen-bond acceptors (Lipinski definition) is 5. The molecule has 6 nitrogen and oxygen atoms in total. The number of carbonyl (C=O) groups is 1. The van der Waals surface area contributed by atoms with E-state index in [-0.39, 0.29) is 6.61 Å². The van der Waals surface area contributed by atoms with Gasteiger partial charge in [-0.1, -0.05) is 5.16 Å². The van der Waals surface area contributed by atoms with Gasteiger partial charge in [-0.15, -0.1) is 0 Å². The number of rotatable bonds is 3. The Morgan fingerprint density at radius 3 is 2.57 bits per heavy atom. The molecule has 0 aliphatic heterocycles. The topological polar surface area (TPSA) is 91.2 Å². The fourth-order valence-electron chi connectivity index (χ4n) is 0.669. The second-order valence-electron chi connectivity index (χ2n) is 3.70. The molecule has 82 valence electrons. The van der Waals surface area contributed by atoms with Gasteiger partial charge in [-0.05, 0) is 20.8 Å². The van der Waals surface area contributed by atoms with E-state index in [1.54, 1.807) is 20.8 Å². The second kappa shape index (κ2) is 5.43. The second-order valence-corrected chi connectivity index (χ2v) is 3.70. The number of oxime groups is 1. The minimum Gasteiger partial charge on any atom is -0.444 e. The van der Waals surface area contributed by atoms with Gasteiger partial charge in [0.2, 0.25) is 0 Å². The zero-order chi connectivity index (χ0) is 11.2. The molecule has 0 radical (unpaired) electrons. The van der Waals surface area contributed by atoms with Crippen LogP contribution in [0.5, 0.6) is 0 Å². The molecule has 0 aromatic carbocycles. The highest BCUT2D eigenvalue weighted by atomic mass is 16.6. The van der Waals surface area contributed by atoms with Gasteiger partial charge in [-0.25, -0.2) is 4.79 Å². The summed E-state index contributed by atoms with van der Waals surface area (Å²) in [7, 11) is 0. The summed E-state index contributed by atoms with van der Waals surface area (Å²) in [6.45, 7) is 4.81. The van der Waals surface area contributed by atoms with Crippen LogP contribution in [0.3, 0.4) is 0 Å². The first-order valence-corrected chi connectivity index (χ1v) is 4.17. The Bertz CT molecular complexity index is 210. The van der Waals surface area contributed by atoms with Crippen molar-refractivity contribution in [2.45, 2.75) is 32.4 Å². The van der Waals surface area contributed by atoms with E-state index in [0.29, 0.717) is 0 Å². The molecule has 14 heavy (non-hydrogen) atoms. The molecule has 0 aliphatic rings. The number of nitrogens with zero attached hydrogens (tertiary/aromatic N) is 1. The van der Waals surface area contributed by atoms with E-state index in [1.165, 1.54) is 0 Å². The van der Waals surface area contributed by atoms with E-state index >= 15 is 0 Å². The molecule has 0 spiro atoms. The Kier molecular flexibility index (Phi) is 4.93. The largest absolute Gasteiger partial charge is 0.444 e. The van der Waals surface area contributed by atoms with Gasteiger partial charge < -0.3 is 20.4 Å². The standard InChI is InChI=1S/C8H16N2O4/c1-8(2,3)14-7(12)10-6(5-11)4-9-13/h4,6,11,13H,5H2,1-3H3,(H,10,12)/b9-4+. The SMILES string of the molecule is CC(C)(C)OC(=O)NC(/C=N/O)CO. The van der Waals surface area contributed by atoms with Crippen molar-refractivity contribution in [3.8, 4) is 0 Å². The summed E-state index contributed by atoms with van der Waals surface area (Å²) in [5, 5.41) is 21.9. The first kappa shape index (κ1) is 12.7. The summed E-state index contributed by atoms with van der Waals surface area (Å²) in [5.74, 6) is 0. The van der Waals surface area contributed by atoms with Crippen LogP contribution < -0.4 is 5.32 Å². The molecule has 0 bridgehead atoms. The van der Waals surface area contributed by atoms with Crippen molar-refractivity contribution in [1.82, 2.24) is 5.32 Å². The van der Waals surface area contributed by atoms with Crippen LogP contribution in [-0.2, 0) is 4.74 Å². The third kappa shape index (κ3) is 6.24. The molecule has 3 N–H and O–H groups in total. The van der Waals surface area contributed by atoms with E-state index in [9.17, 15) is 4.79 Å². The van der Waals surface area contributed by atoms with Crippen molar-refractivity contribution in [2.24, 2.45) is 5.16 Å². The van der Waals surface area contributed by atoms with Crippen LogP contribution >= 0.6 is 0 Å². The van der Waals surface area contributed by atoms with E-state index in [1.807, 2.05) is 0 Å². The number of carbonyl (C=O) groups excluding carboxylic acids is 1. The predicted octanol–water partition coefficient (Wildman–Crippen LogP) is 0.332. The smallest absolute Gasteiger partial charge is 0.408 e. The van der Waals surface area contributed by atoms with Crippen LogP contribution in [0.4, 0.5) is 4.79 Å². The Morgan fingerprint density at radius 1 is 1.64 bits per heavy atom. The van der Waals surface area contributed by atoms with Gasteiger partial charge in [0.05, 0.1) is 18.9 Å². The summed E-state index contributed by atoms with van der Waals surface area (Å²) in [6.07, 6.45) is 0.334. The minimum absolute atomic E-state index is 0.358. The molecule has 0 rings (SSSR count). The van der Waals surface area contributed by atoms with Gasteiger partial charge >= 0.3 is 6.09 Å². The fourth-order valence-corrected chi connectivity index (χ4v) is 0.669. The molecule has 1 atom stereocenters. The highest BCUT2D eigenvalue weighted by Gasteiger charge is 2.18. The summed E-state index contributed by atoms with van der Waals surface area (Å²) in [4.78, 5) is 11.1. The number of amides is 1. The van der Waals surface area contributed by atoms with Crippen LogP contribution in [0.2, 0.25) is 0 Å². The normalized spacial score (nSPS) is 14.0. The van der Waals surface area contributed by atoms with Crippen molar-refractivity contribution in [2.75, 3.05) is 6.61 Å². The van der Waals surface area contributed by atoms with Crippen LogP contribution in [0.1, 0.15) is 20.8 Å². The van der Waals surface area contributed by atoms with E-state index in [2.05, 4.69) is 10.5 Å². The first-order chi connectivity index (χ1) is 6.39. The number of aliphatic hydroxyl groups is 1. The Hall–Kier alpha value is -1.30. The summed E-state index contributed by atoms with van der Waals surface area (Å²) in [6, 6.07) is -0.741. The molecule has 0 fully saturated rings. The number of nitrogens with one attached hydrogen (secondary N) is 1. The molecule has 1 unspecified atom stereocenters. The van der Waals surface area contributed by atoms with Gasteiger partial charge in [0.15, 0.2) is 0 Å². The lowest BCUT2D eigenvalue weighted by Crippen LogP contribution is -2.41. The molecule has 6 heteroatoms. The van der Waals surface area contributed by atoms with Gasteiger partial charge in [-0.3, -0.25) is 0 Å². The summed E-state index contributed by atoms with van der Waals surface area (Å²) in [5.41, 5.74) is -0.597. The highest BCUT2D eigenvalue weighted by Crippen LogP contribution is 2.06. The van der Waals surface area contributed by atoms with Crippen molar-refractivity contribution in [3.05, 3.63) is 0 Å². The van der Waals surface area contributed by atoms with Crippen molar-refractivity contribution in [3.63, 3.8) is 0 Å². The lowest BCUT2D eigenvalue weighted by molar-refractivity contribution is 0.0504. The predicted molar refractivity (Wildman–Crippen MR) is 50.5 cm³/mol. The van der Waals surface area contributed by atoms with E-state index in [0.717, 1.165) is 6.21 Å². The van der Waals surface area contributed by atoms with Gasteiger partial charge in [0.1, 0.15) is 5.60 Å². The maximum atomic E-state index is 11.1. The maximum absolute atomic E-state index is 11.1. The van der Waals surface area contributed by atoms with Gasteiger partial charge in [0, 0.05) is 0 Å². The summed E-state index contributed by atoms with van der Waals surface area (Å²) < 4.78 is 4.91. The molecule has 0 saturated carbocycles. The van der Waals surface area contributed by atoms with Crippen LogP contribution in [0, 0.1) is 0 Å². The van der Waals surface area contributed by atoms with E-state index < -0.39 is 17.7 Å². The van der Waals surface area contributed by atoms with Crippen LogP contribution in [0.25, 0.3) is 0 Å². The van der Waals surface area contributed by atoms with Crippen molar-refractivity contribution >= 4 is 12.3 Å². The zero-order valence-corrected chi connectivity index (χ0v) is 8.52. The first-order valence-electron chi connectivity index (χ1n) is 4.17. The maximum Gasteiger partial charge on any atom is 0.408 e. The molecule has 0 aromatic heterocycles. The molecule has 0 aromatic rings. The van der Waals surface area contributed by atoms with Gasteiger partial charge in [-0.2, -0.15) is 0 Å². The quantitative estimate of drug-likeness (QED) is 0.351. The number of alkyl carbamates (subject to hydrolysis) is 1. The average molecular weight is 204 g/mol. The number of aliphatic hydroxyl groups excluding tert-OH is 1. The molecule has 0 aliphatic carbocycles. The third-order valence-corrected chi connectivity index (χ3v) is 1.15. The minimum atomic E-state index is -0.741. The van der Waals surface area contributed by atoms with Crippen LogP contribution in [0.15, 0.2) is 5.16 Å². The lowest BCUT2D eigenvalue weighted by atomic mass is 10.2. The molecule has 1 amide bonds. The molecule has 0 saturated heterocycles. The highest BCUT2D eigenvalue weighted by molar-refractivity contribution is 5.75. The van der Waals surface area contributed by atoms with Crippen molar-refractivity contribution < 1.29 is 19.8 Å². The monoisotopic (exact) mass is 204 g/mol. The Balaban J connectivity index is 4.04. The molecular weight excluding hydrogens is 188 g/mol. The Morgan fingerprint density at radius 2 is 2.21 bits per heavy atom. The van der Waals surface area contributed by atoms with Gasteiger partial charge in [0.25, 0.3) is 0 Å². The number of hydrogen-bond donors (Lipinski definition) is 3. The third-order valence-electron chi connectivity index (χ3n) is 1.15. The van der Waals surface area contributed by atoms with Crippen molar-refractivity contribution in [1.29, 1.82) is 0 Å². The van der Waals surface area contributed by atoms with Crippen LogP contribution in [-0.4, -0.2) is 40.9 Å². The lowest BCUT2D eigenvalue weighted by Gasteiger charge is -2.21. The zero-order valence-electron chi connectivity index (χ0n) is 8.52.